The number of nitrogens with zero attached hydrogens (tertiary/aromatic N) is 1. The average molecular weight is 326 g/mol. The number of para-hydroxylation sites is 1. The molecule has 1 aliphatic heterocycles. The van der Waals surface area contributed by atoms with Crippen LogP contribution < -0.4 is 20.1 Å². The van der Waals surface area contributed by atoms with E-state index < -0.39 is 0 Å². The van der Waals surface area contributed by atoms with Gasteiger partial charge in [-0.15, -0.1) is 0 Å². The van der Waals surface area contributed by atoms with Crippen molar-refractivity contribution < 1.29 is 9.47 Å². The van der Waals surface area contributed by atoms with E-state index in [2.05, 4.69) is 41.3 Å². The number of fused-ring (bicyclic) bond motifs is 1. The lowest BCUT2D eigenvalue weighted by Gasteiger charge is -2.30. The van der Waals surface area contributed by atoms with Gasteiger partial charge in [0.2, 0.25) is 0 Å². The van der Waals surface area contributed by atoms with Crippen molar-refractivity contribution in [2.75, 3.05) is 25.1 Å². The largest absolute Gasteiger partial charge is 0.493 e. The summed E-state index contributed by atoms with van der Waals surface area (Å²) in [6.07, 6.45) is 1.18. The normalized spacial score (nSPS) is 14.6. The van der Waals surface area contributed by atoms with Gasteiger partial charge in [0, 0.05) is 18.8 Å². The maximum absolute atomic E-state index is 6.14. The average Bonchev–Trinajstić information content (AvgIpc) is 3.00. The summed E-state index contributed by atoms with van der Waals surface area (Å²) in [6.45, 7) is 5.57. The molecule has 1 atom stereocenters. The van der Waals surface area contributed by atoms with Gasteiger partial charge in [0.15, 0.2) is 11.5 Å². The maximum Gasteiger partial charge on any atom is 0.161 e. The molecule has 0 saturated heterocycles. The lowest BCUT2D eigenvalue weighted by Crippen LogP contribution is -2.32. The van der Waals surface area contributed by atoms with Crippen molar-refractivity contribution >= 4 is 5.69 Å². The highest BCUT2D eigenvalue weighted by Crippen LogP contribution is 2.37. The second-order valence-electron chi connectivity index (χ2n) is 6.40. The number of ether oxygens (including phenoxy) is 2. The van der Waals surface area contributed by atoms with Crippen LogP contribution in [0.25, 0.3) is 0 Å². The van der Waals surface area contributed by atoms with E-state index >= 15 is 0 Å². The van der Waals surface area contributed by atoms with E-state index in [0.29, 0.717) is 6.54 Å². The van der Waals surface area contributed by atoms with Crippen molar-refractivity contribution in [3.63, 3.8) is 0 Å². The predicted octanol–water partition coefficient (Wildman–Crippen LogP) is 3.54. The van der Waals surface area contributed by atoms with Crippen molar-refractivity contribution in [3.05, 3.63) is 53.6 Å². The van der Waals surface area contributed by atoms with Gasteiger partial charge in [-0.1, -0.05) is 24.3 Å². The molecule has 4 heteroatoms. The molecule has 0 amide bonds. The number of benzene rings is 2. The van der Waals surface area contributed by atoms with Crippen molar-refractivity contribution in [1.82, 2.24) is 0 Å². The number of nitrogens with two attached hydrogens (primary N) is 1. The summed E-state index contributed by atoms with van der Waals surface area (Å²) in [6, 6.07) is 14.8. The minimum Gasteiger partial charge on any atom is -0.493 e. The molecule has 2 N–H and O–H groups in total. The Morgan fingerprint density at radius 2 is 1.92 bits per heavy atom. The Hall–Kier alpha value is -2.20. The maximum atomic E-state index is 6.14. The summed E-state index contributed by atoms with van der Waals surface area (Å²) in [5.74, 6) is 1.53. The van der Waals surface area contributed by atoms with E-state index in [1.807, 2.05) is 19.9 Å². The monoisotopic (exact) mass is 326 g/mol. The molecule has 24 heavy (non-hydrogen) atoms. The minimum atomic E-state index is 0.112. The lowest BCUT2D eigenvalue weighted by atomic mass is 10.0. The minimum absolute atomic E-state index is 0.112. The molecule has 4 nitrogen and oxygen atoms in total. The summed E-state index contributed by atoms with van der Waals surface area (Å²) in [5, 5.41) is 0. The van der Waals surface area contributed by atoms with Crippen LogP contribution >= 0.6 is 0 Å². The molecule has 0 saturated carbocycles. The Bertz CT molecular complexity index is 700. The van der Waals surface area contributed by atoms with E-state index in [0.717, 1.165) is 30.0 Å². The van der Waals surface area contributed by atoms with Crippen LogP contribution in [0.5, 0.6) is 11.5 Å². The van der Waals surface area contributed by atoms with Gasteiger partial charge >= 0.3 is 0 Å². The Morgan fingerprint density at radius 1 is 1.12 bits per heavy atom. The van der Waals surface area contributed by atoms with E-state index in [1.165, 1.54) is 11.3 Å². The first-order valence-electron chi connectivity index (χ1n) is 8.53. The Labute approximate surface area is 144 Å². The highest BCUT2D eigenvalue weighted by atomic mass is 16.5. The van der Waals surface area contributed by atoms with Crippen molar-refractivity contribution in [3.8, 4) is 11.5 Å². The van der Waals surface area contributed by atoms with E-state index in [4.69, 9.17) is 15.2 Å². The molecule has 128 valence electrons. The van der Waals surface area contributed by atoms with Gasteiger partial charge in [-0.3, -0.25) is 0 Å². The highest BCUT2D eigenvalue weighted by Gasteiger charge is 2.26. The molecule has 1 aliphatic rings. The van der Waals surface area contributed by atoms with Crippen LogP contribution in [0.3, 0.4) is 0 Å². The fraction of sp³-hybridized carbons (Fsp3) is 0.400. The topological polar surface area (TPSA) is 47.7 Å². The van der Waals surface area contributed by atoms with E-state index in [1.54, 1.807) is 7.11 Å². The first-order valence-corrected chi connectivity index (χ1v) is 8.53. The van der Waals surface area contributed by atoms with Crippen LogP contribution in [0.1, 0.15) is 31.0 Å². The van der Waals surface area contributed by atoms with Crippen LogP contribution in [0, 0.1) is 0 Å². The van der Waals surface area contributed by atoms with Gasteiger partial charge in [-0.25, -0.2) is 0 Å². The SMILES string of the molecule is COc1cc(C(CN)N2CCc3ccccc32)ccc1OC(C)C. The summed E-state index contributed by atoms with van der Waals surface area (Å²) in [4.78, 5) is 2.40. The zero-order valence-electron chi connectivity index (χ0n) is 14.7. The number of hydrogen-bond donors (Lipinski definition) is 1. The Morgan fingerprint density at radius 3 is 2.62 bits per heavy atom. The molecule has 0 aliphatic carbocycles. The molecular formula is C20H26N2O2. The fourth-order valence-corrected chi connectivity index (χ4v) is 3.37. The summed E-state index contributed by atoms with van der Waals surface area (Å²) < 4.78 is 11.3. The van der Waals surface area contributed by atoms with E-state index in [-0.39, 0.29) is 12.1 Å². The number of hydrogen-bond acceptors (Lipinski definition) is 4. The molecule has 2 aromatic carbocycles. The van der Waals surface area contributed by atoms with Gasteiger partial charge in [0.1, 0.15) is 0 Å². The third-order valence-corrected chi connectivity index (χ3v) is 4.46. The third kappa shape index (κ3) is 3.20. The molecule has 0 spiro atoms. The predicted molar refractivity (Wildman–Crippen MR) is 98.0 cm³/mol. The van der Waals surface area contributed by atoms with Gasteiger partial charge in [-0.2, -0.15) is 0 Å². The molecule has 0 aromatic heterocycles. The fourth-order valence-electron chi connectivity index (χ4n) is 3.37. The summed E-state index contributed by atoms with van der Waals surface area (Å²) >= 11 is 0. The molecule has 1 heterocycles. The van der Waals surface area contributed by atoms with Crippen LogP contribution in [0.2, 0.25) is 0 Å². The third-order valence-electron chi connectivity index (χ3n) is 4.46. The molecule has 1 unspecified atom stereocenters. The van der Waals surface area contributed by atoms with Crippen LogP contribution in [-0.2, 0) is 6.42 Å². The summed E-state index contributed by atoms with van der Waals surface area (Å²) in [5.41, 5.74) is 9.97. The van der Waals surface area contributed by atoms with Gasteiger partial charge in [-0.05, 0) is 49.6 Å². The van der Waals surface area contributed by atoms with Crippen LogP contribution in [0.4, 0.5) is 5.69 Å². The van der Waals surface area contributed by atoms with Crippen LogP contribution in [-0.4, -0.2) is 26.3 Å². The number of methoxy groups -OCH3 is 1. The molecule has 2 aromatic rings. The standard InChI is InChI=1S/C20H26N2O2/c1-14(2)24-19-9-8-16(12-20(19)23-3)18(13-21)22-11-10-15-6-4-5-7-17(15)22/h4-9,12,14,18H,10-11,13,21H2,1-3H3. The van der Waals surface area contributed by atoms with E-state index in [9.17, 15) is 0 Å². The molecule has 0 bridgehead atoms. The number of anilines is 1. The summed E-state index contributed by atoms with van der Waals surface area (Å²) in [7, 11) is 1.68. The smallest absolute Gasteiger partial charge is 0.161 e. The molecule has 0 fully saturated rings. The first-order chi connectivity index (χ1) is 11.6. The zero-order valence-corrected chi connectivity index (χ0v) is 14.7. The number of rotatable bonds is 6. The van der Waals surface area contributed by atoms with Gasteiger partial charge < -0.3 is 20.1 Å². The van der Waals surface area contributed by atoms with Crippen LogP contribution in [0.15, 0.2) is 42.5 Å². The Balaban J connectivity index is 1.92. The quantitative estimate of drug-likeness (QED) is 0.882. The van der Waals surface area contributed by atoms with Crippen molar-refractivity contribution in [2.24, 2.45) is 5.73 Å². The second kappa shape index (κ2) is 7.14. The second-order valence-corrected chi connectivity index (χ2v) is 6.40. The first kappa shape index (κ1) is 16.7. The molecular weight excluding hydrogens is 300 g/mol. The zero-order chi connectivity index (χ0) is 17.1. The lowest BCUT2D eigenvalue weighted by molar-refractivity contribution is 0.230. The Kier molecular flexibility index (Phi) is 4.95. The highest BCUT2D eigenvalue weighted by molar-refractivity contribution is 5.60. The van der Waals surface area contributed by atoms with Crippen molar-refractivity contribution in [1.29, 1.82) is 0 Å². The van der Waals surface area contributed by atoms with Gasteiger partial charge in [0.05, 0.1) is 19.3 Å². The van der Waals surface area contributed by atoms with Gasteiger partial charge in [0.25, 0.3) is 0 Å². The molecule has 0 radical (unpaired) electrons. The molecule has 3 rings (SSSR count). The van der Waals surface area contributed by atoms with Crippen molar-refractivity contribution in [2.45, 2.75) is 32.4 Å².